The van der Waals surface area contributed by atoms with E-state index >= 15 is 0 Å². The number of piperidine rings is 1. The Bertz CT molecular complexity index is 1060. The normalized spacial score (nSPS) is 14.8. The molecular weight excluding hydrogens is 404 g/mol. The zero-order valence-electron chi connectivity index (χ0n) is 19.4. The summed E-state index contributed by atoms with van der Waals surface area (Å²) in [4.78, 5) is 19.4. The summed E-state index contributed by atoms with van der Waals surface area (Å²) in [7, 11) is 0. The number of carbonyl (C=O) groups is 1. The van der Waals surface area contributed by atoms with Crippen molar-refractivity contribution in [1.29, 1.82) is 0 Å². The third-order valence-electron chi connectivity index (χ3n) is 6.11. The second-order valence-electron chi connectivity index (χ2n) is 8.82. The van der Waals surface area contributed by atoms with E-state index in [0.717, 1.165) is 55.2 Å². The zero-order chi connectivity index (χ0) is 22.7. The van der Waals surface area contributed by atoms with Gasteiger partial charge in [-0.3, -0.25) is 4.79 Å². The van der Waals surface area contributed by atoms with Gasteiger partial charge in [0.2, 0.25) is 0 Å². The molecule has 3 heterocycles. The van der Waals surface area contributed by atoms with Gasteiger partial charge < -0.3 is 18.7 Å². The van der Waals surface area contributed by atoms with Crippen LogP contribution in [0.4, 0.5) is 0 Å². The lowest BCUT2D eigenvalue weighted by Gasteiger charge is -2.32. The van der Waals surface area contributed by atoms with Crippen molar-refractivity contribution in [2.45, 2.75) is 53.0 Å². The maximum absolute atomic E-state index is 13.0. The van der Waals surface area contributed by atoms with Crippen molar-refractivity contribution in [3.05, 3.63) is 53.7 Å². The van der Waals surface area contributed by atoms with Crippen LogP contribution in [0.25, 0.3) is 11.3 Å². The van der Waals surface area contributed by atoms with E-state index in [1.165, 1.54) is 0 Å². The first-order valence-corrected chi connectivity index (χ1v) is 11.5. The fourth-order valence-corrected chi connectivity index (χ4v) is 4.37. The van der Waals surface area contributed by atoms with Gasteiger partial charge in [0.15, 0.2) is 11.5 Å². The number of nitrogens with zero attached hydrogens (tertiary/aromatic N) is 4. The summed E-state index contributed by atoms with van der Waals surface area (Å²) in [5.74, 6) is 3.47. The number of hydrogen-bond acceptors (Lipinski definition) is 5. The van der Waals surface area contributed by atoms with Crippen LogP contribution >= 0.6 is 0 Å². The molecule has 0 atom stereocenters. The molecule has 1 fully saturated rings. The van der Waals surface area contributed by atoms with E-state index in [1.807, 2.05) is 43.1 Å². The van der Waals surface area contributed by atoms with Crippen molar-refractivity contribution in [1.82, 2.24) is 19.6 Å². The second-order valence-corrected chi connectivity index (χ2v) is 8.82. The van der Waals surface area contributed by atoms with Crippen LogP contribution in [0.1, 0.15) is 61.4 Å². The van der Waals surface area contributed by atoms with Gasteiger partial charge >= 0.3 is 0 Å². The highest BCUT2D eigenvalue weighted by atomic mass is 16.5. The number of hydrogen-bond donors (Lipinski definition) is 0. The van der Waals surface area contributed by atoms with E-state index in [4.69, 9.17) is 9.26 Å². The third kappa shape index (κ3) is 4.71. The van der Waals surface area contributed by atoms with E-state index in [-0.39, 0.29) is 5.91 Å². The number of amides is 1. The highest BCUT2D eigenvalue weighted by molar-refractivity contribution is 5.93. The van der Waals surface area contributed by atoms with Crippen molar-refractivity contribution in [3.63, 3.8) is 0 Å². The summed E-state index contributed by atoms with van der Waals surface area (Å²) >= 11 is 0. The van der Waals surface area contributed by atoms with Crippen LogP contribution < -0.4 is 4.74 Å². The Kier molecular flexibility index (Phi) is 6.63. The van der Waals surface area contributed by atoms with Crippen LogP contribution in [-0.4, -0.2) is 45.2 Å². The van der Waals surface area contributed by atoms with Gasteiger partial charge in [0.05, 0.1) is 6.61 Å². The Morgan fingerprint density at radius 1 is 1.25 bits per heavy atom. The van der Waals surface area contributed by atoms with Gasteiger partial charge in [0, 0.05) is 49.6 Å². The number of benzene rings is 1. The number of aromatic nitrogens is 3. The number of likely N-dealkylation sites (tertiary alicyclic amines) is 1. The predicted octanol–water partition coefficient (Wildman–Crippen LogP) is 4.92. The van der Waals surface area contributed by atoms with Gasteiger partial charge in [-0.05, 0) is 56.4 Å². The minimum atomic E-state index is -0.0633. The molecule has 0 saturated carbocycles. The van der Waals surface area contributed by atoms with E-state index in [9.17, 15) is 4.79 Å². The highest BCUT2D eigenvalue weighted by Gasteiger charge is 2.26. The topological polar surface area (TPSA) is 73.4 Å². The quantitative estimate of drug-likeness (QED) is 0.526. The SMILES string of the molecule is CCOc1ccc(-c2cc(C(=O)N3CCC(Cn4ccnc4C(C)C)CC3)no2)cc1C. The van der Waals surface area contributed by atoms with Crippen LogP contribution in [0, 0.1) is 12.8 Å². The molecule has 0 N–H and O–H groups in total. The van der Waals surface area contributed by atoms with E-state index in [1.54, 1.807) is 6.07 Å². The molecule has 0 unspecified atom stereocenters. The molecule has 4 rings (SSSR count). The van der Waals surface area contributed by atoms with E-state index in [2.05, 4.69) is 34.8 Å². The van der Waals surface area contributed by atoms with Crippen LogP contribution in [0.3, 0.4) is 0 Å². The van der Waals surface area contributed by atoms with Gasteiger partial charge in [-0.15, -0.1) is 0 Å². The van der Waals surface area contributed by atoms with Gasteiger partial charge in [0.1, 0.15) is 11.6 Å². The minimum absolute atomic E-state index is 0.0633. The summed E-state index contributed by atoms with van der Waals surface area (Å²) in [6.45, 7) is 11.3. The third-order valence-corrected chi connectivity index (χ3v) is 6.11. The lowest BCUT2D eigenvalue weighted by Crippen LogP contribution is -2.39. The summed E-state index contributed by atoms with van der Waals surface area (Å²) in [6, 6.07) is 7.59. The Hall–Kier alpha value is -3.09. The minimum Gasteiger partial charge on any atom is -0.494 e. The molecule has 7 nitrogen and oxygen atoms in total. The number of ether oxygens (including phenoxy) is 1. The first kappa shape index (κ1) is 22.1. The van der Waals surface area contributed by atoms with E-state index < -0.39 is 0 Å². The van der Waals surface area contributed by atoms with Crippen molar-refractivity contribution >= 4 is 5.91 Å². The van der Waals surface area contributed by atoms with E-state index in [0.29, 0.717) is 29.9 Å². The molecule has 1 aliphatic rings. The smallest absolute Gasteiger partial charge is 0.276 e. The molecule has 0 radical (unpaired) electrons. The van der Waals surface area contributed by atoms with Gasteiger partial charge in [-0.1, -0.05) is 19.0 Å². The van der Waals surface area contributed by atoms with Crippen molar-refractivity contribution < 1.29 is 14.1 Å². The Morgan fingerprint density at radius 2 is 2.03 bits per heavy atom. The van der Waals surface area contributed by atoms with Crippen molar-refractivity contribution in [3.8, 4) is 17.1 Å². The van der Waals surface area contributed by atoms with Crippen LogP contribution in [0.5, 0.6) is 5.75 Å². The highest BCUT2D eigenvalue weighted by Crippen LogP contribution is 2.28. The van der Waals surface area contributed by atoms with Crippen molar-refractivity contribution in [2.24, 2.45) is 5.92 Å². The lowest BCUT2D eigenvalue weighted by molar-refractivity contribution is 0.0672. The number of imidazole rings is 1. The molecule has 0 spiro atoms. The summed E-state index contributed by atoms with van der Waals surface area (Å²) in [5, 5.41) is 4.06. The van der Waals surface area contributed by atoms with Gasteiger partial charge in [0.25, 0.3) is 5.91 Å². The molecule has 7 heteroatoms. The average Bonchev–Trinajstić information content (AvgIpc) is 3.45. The molecule has 1 saturated heterocycles. The first-order chi connectivity index (χ1) is 15.5. The van der Waals surface area contributed by atoms with Crippen LogP contribution in [0.2, 0.25) is 0 Å². The molecule has 0 bridgehead atoms. The van der Waals surface area contributed by atoms with Gasteiger partial charge in [-0.2, -0.15) is 0 Å². The fraction of sp³-hybridized carbons (Fsp3) is 0.480. The largest absolute Gasteiger partial charge is 0.494 e. The molecule has 32 heavy (non-hydrogen) atoms. The van der Waals surface area contributed by atoms with Crippen molar-refractivity contribution in [2.75, 3.05) is 19.7 Å². The maximum atomic E-state index is 13.0. The second kappa shape index (κ2) is 9.59. The number of aryl methyl sites for hydroxylation is 1. The maximum Gasteiger partial charge on any atom is 0.276 e. The summed E-state index contributed by atoms with van der Waals surface area (Å²) in [6.07, 6.45) is 5.89. The molecule has 3 aromatic rings. The predicted molar refractivity (Wildman–Crippen MR) is 123 cm³/mol. The van der Waals surface area contributed by atoms with Crippen LogP contribution in [-0.2, 0) is 6.54 Å². The molecule has 1 amide bonds. The van der Waals surface area contributed by atoms with Gasteiger partial charge in [-0.25, -0.2) is 4.98 Å². The Morgan fingerprint density at radius 3 is 2.72 bits per heavy atom. The molecule has 1 aromatic carbocycles. The molecule has 170 valence electrons. The number of carbonyl (C=O) groups excluding carboxylic acids is 1. The molecule has 1 aliphatic heterocycles. The fourth-order valence-electron chi connectivity index (χ4n) is 4.37. The number of rotatable bonds is 7. The first-order valence-electron chi connectivity index (χ1n) is 11.5. The zero-order valence-corrected chi connectivity index (χ0v) is 19.4. The molecule has 2 aromatic heterocycles. The Labute approximate surface area is 189 Å². The summed E-state index contributed by atoms with van der Waals surface area (Å²) in [5.41, 5.74) is 2.27. The monoisotopic (exact) mass is 436 g/mol. The summed E-state index contributed by atoms with van der Waals surface area (Å²) < 4.78 is 13.4. The molecule has 0 aliphatic carbocycles. The lowest BCUT2D eigenvalue weighted by atomic mass is 9.96. The van der Waals surface area contributed by atoms with Crippen LogP contribution in [0.15, 0.2) is 41.2 Å². The average molecular weight is 437 g/mol. The molecular formula is C25H32N4O3. The Balaban J connectivity index is 1.36. The standard InChI is InChI=1S/C25H32N4O3/c1-5-31-22-7-6-20(14-18(22)4)23-15-21(27-32-23)25(30)28-11-8-19(9-12-28)16-29-13-10-26-24(29)17(2)3/h6-7,10,13-15,17,19H,5,8-9,11-12,16H2,1-4H3.